The number of aromatic nitrogens is 2. The number of rotatable bonds is 6. The van der Waals surface area contributed by atoms with Crippen molar-refractivity contribution in [3.8, 4) is 11.4 Å². The third-order valence-electron chi connectivity index (χ3n) is 3.03. The first-order valence-electron chi connectivity index (χ1n) is 6.77. The van der Waals surface area contributed by atoms with Gasteiger partial charge in [-0.1, -0.05) is 19.9 Å². The van der Waals surface area contributed by atoms with Crippen molar-refractivity contribution in [1.29, 1.82) is 0 Å². The Labute approximate surface area is 113 Å². The Balaban J connectivity index is 2.34. The molecule has 19 heavy (non-hydrogen) atoms. The van der Waals surface area contributed by atoms with Crippen molar-refractivity contribution in [3.63, 3.8) is 0 Å². The van der Waals surface area contributed by atoms with Gasteiger partial charge in [-0.15, -0.1) is 0 Å². The van der Waals surface area contributed by atoms with Gasteiger partial charge >= 0.3 is 0 Å². The molecular weight excluding hydrogens is 241 g/mol. The maximum Gasteiger partial charge on any atom is 0.142 e. The lowest BCUT2D eigenvalue weighted by molar-refractivity contribution is 0.622. The molecule has 0 aliphatic carbocycles. The van der Waals surface area contributed by atoms with E-state index in [1.165, 1.54) is 6.07 Å². The summed E-state index contributed by atoms with van der Waals surface area (Å²) in [6.45, 7) is 6.65. The van der Waals surface area contributed by atoms with E-state index in [9.17, 15) is 4.39 Å². The Morgan fingerprint density at radius 3 is 2.89 bits per heavy atom. The van der Waals surface area contributed by atoms with Crippen molar-refractivity contribution in [1.82, 2.24) is 14.9 Å². The second kappa shape index (κ2) is 6.48. The quantitative estimate of drug-likeness (QED) is 0.865. The van der Waals surface area contributed by atoms with E-state index in [0.29, 0.717) is 11.4 Å². The SMILES string of the molecule is CCCn1ccnc1-c1cc(CNCC)ccc1F. The summed E-state index contributed by atoms with van der Waals surface area (Å²) in [6.07, 6.45) is 4.62. The largest absolute Gasteiger partial charge is 0.331 e. The van der Waals surface area contributed by atoms with Gasteiger partial charge in [0.2, 0.25) is 0 Å². The van der Waals surface area contributed by atoms with E-state index in [-0.39, 0.29) is 5.82 Å². The zero-order valence-corrected chi connectivity index (χ0v) is 11.5. The molecule has 0 atom stereocenters. The summed E-state index contributed by atoms with van der Waals surface area (Å²) in [7, 11) is 0. The molecule has 2 aromatic rings. The van der Waals surface area contributed by atoms with Crippen LogP contribution in [0.15, 0.2) is 30.6 Å². The van der Waals surface area contributed by atoms with Gasteiger partial charge in [-0.2, -0.15) is 0 Å². The number of nitrogens with zero attached hydrogens (tertiary/aromatic N) is 2. The fourth-order valence-electron chi connectivity index (χ4n) is 2.10. The predicted octanol–water partition coefficient (Wildman–Crippen LogP) is 3.21. The first kappa shape index (κ1) is 13.7. The maximum absolute atomic E-state index is 14.0. The molecule has 0 radical (unpaired) electrons. The molecule has 0 bridgehead atoms. The van der Waals surface area contributed by atoms with Gasteiger partial charge in [-0.3, -0.25) is 0 Å². The van der Waals surface area contributed by atoms with Gasteiger partial charge in [0.15, 0.2) is 0 Å². The first-order chi connectivity index (χ1) is 9.26. The number of nitrogens with one attached hydrogen (secondary N) is 1. The molecular formula is C15H20FN3. The molecule has 0 aliphatic rings. The lowest BCUT2D eigenvalue weighted by Crippen LogP contribution is -2.12. The van der Waals surface area contributed by atoms with Crippen LogP contribution in [0.2, 0.25) is 0 Å². The fraction of sp³-hybridized carbons (Fsp3) is 0.400. The number of benzene rings is 1. The average Bonchev–Trinajstić information content (AvgIpc) is 2.86. The number of imidazole rings is 1. The normalized spacial score (nSPS) is 10.9. The van der Waals surface area contributed by atoms with Crippen molar-refractivity contribution in [2.24, 2.45) is 0 Å². The molecule has 1 aromatic heterocycles. The highest BCUT2D eigenvalue weighted by Gasteiger charge is 2.11. The zero-order valence-electron chi connectivity index (χ0n) is 11.5. The van der Waals surface area contributed by atoms with Crippen LogP contribution in [-0.4, -0.2) is 16.1 Å². The molecule has 0 unspecified atom stereocenters. The molecule has 0 spiro atoms. The van der Waals surface area contributed by atoms with Crippen molar-refractivity contribution < 1.29 is 4.39 Å². The third-order valence-corrected chi connectivity index (χ3v) is 3.03. The van der Waals surface area contributed by atoms with E-state index in [1.807, 2.05) is 22.9 Å². The maximum atomic E-state index is 14.0. The number of halogens is 1. The van der Waals surface area contributed by atoms with Crippen LogP contribution >= 0.6 is 0 Å². The molecule has 0 saturated carbocycles. The summed E-state index contributed by atoms with van der Waals surface area (Å²) in [5.41, 5.74) is 1.65. The van der Waals surface area contributed by atoms with Crippen LogP contribution in [0.4, 0.5) is 4.39 Å². The van der Waals surface area contributed by atoms with E-state index < -0.39 is 0 Å². The van der Waals surface area contributed by atoms with E-state index >= 15 is 0 Å². The molecule has 1 aromatic carbocycles. The lowest BCUT2D eigenvalue weighted by atomic mass is 10.1. The standard InChI is InChI=1S/C15H20FN3/c1-3-8-19-9-7-18-15(19)13-10-12(11-17-4-2)5-6-14(13)16/h5-7,9-10,17H,3-4,8,11H2,1-2H3. The molecule has 4 heteroatoms. The molecule has 0 amide bonds. The van der Waals surface area contributed by atoms with Gasteiger partial charge in [0.25, 0.3) is 0 Å². The van der Waals surface area contributed by atoms with Crippen molar-refractivity contribution >= 4 is 0 Å². The van der Waals surface area contributed by atoms with Gasteiger partial charge in [0.1, 0.15) is 11.6 Å². The van der Waals surface area contributed by atoms with Crippen LogP contribution in [0.5, 0.6) is 0 Å². The van der Waals surface area contributed by atoms with Crippen LogP contribution < -0.4 is 5.32 Å². The summed E-state index contributed by atoms with van der Waals surface area (Å²) in [6, 6.07) is 5.22. The predicted molar refractivity (Wildman–Crippen MR) is 75.3 cm³/mol. The van der Waals surface area contributed by atoms with Crippen LogP contribution in [0.25, 0.3) is 11.4 Å². The topological polar surface area (TPSA) is 29.9 Å². The van der Waals surface area contributed by atoms with Crippen molar-refractivity contribution in [2.45, 2.75) is 33.4 Å². The molecule has 1 heterocycles. The molecule has 3 nitrogen and oxygen atoms in total. The Hall–Kier alpha value is -1.68. The molecule has 2 rings (SSSR count). The van der Waals surface area contributed by atoms with Crippen LogP contribution in [0.1, 0.15) is 25.8 Å². The summed E-state index contributed by atoms with van der Waals surface area (Å²) in [4.78, 5) is 4.29. The van der Waals surface area contributed by atoms with Gasteiger partial charge in [0.05, 0.1) is 5.56 Å². The van der Waals surface area contributed by atoms with Gasteiger partial charge < -0.3 is 9.88 Å². The summed E-state index contributed by atoms with van der Waals surface area (Å²) in [5, 5.41) is 3.25. The monoisotopic (exact) mass is 261 g/mol. The number of aryl methyl sites for hydroxylation is 1. The Kier molecular flexibility index (Phi) is 4.68. The number of hydrogen-bond acceptors (Lipinski definition) is 2. The summed E-state index contributed by atoms with van der Waals surface area (Å²) in [5.74, 6) is 0.488. The average molecular weight is 261 g/mol. The van der Waals surface area contributed by atoms with Crippen LogP contribution in [-0.2, 0) is 13.1 Å². The summed E-state index contributed by atoms with van der Waals surface area (Å²) < 4.78 is 16.0. The minimum Gasteiger partial charge on any atom is -0.331 e. The number of hydrogen-bond donors (Lipinski definition) is 1. The highest BCUT2D eigenvalue weighted by atomic mass is 19.1. The van der Waals surface area contributed by atoms with Crippen molar-refractivity contribution in [3.05, 3.63) is 42.0 Å². The van der Waals surface area contributed by atoms with Crippen molar-refractivity contribution in [2.75, 3.05) is 6.54 Å². The van der Waals surface area contributed by atoms with E-state index in [4.69, 9.17) is 0 Å². The first-order valence-corrected chi connectivity index (χ1v) is 6.77. The van der Waals surface area contributed by atoms with Gasteiger partial charge in [-0.25, -0.2) is 9.37 Å². The van der Waals surface area contributed by atoms with Gasteiger partial charge in [0, 0.05) is 25.5 Å². The minimum atomic E-state index is -0.219. The van der Waals surface area contributed by atoms with Crippen LogP contribution in [0.3, 0.4) is 0 Å². The molecule has 0 fully saturated rings. The highest BCUT2D eigenvalue weighted by Crippen LogP contribution is 2.23. The van der Waals surface area contributed by atoms with E-state index in [0.717, 1.165) is 31.6 Å². The fourth-order valence-corrected chi connectivity index (χ4v) is 2.10. The summed E-state index contributed by atoms with van der Waals surface area (Å²) >= 11 is 0. The molecule has 0 aliphatic heterocycles. The lowest BCUT2D eigenvalue weighted by Gasteiger charge is -2.09. The Morgan fingerprint density at radius 2 is 2.16 bits per heavy atom. The smallest absolute Gasteiger partial charge is 0.142 e. The molecule has 0 saturated heterocycles. The molecule has 102 valence electrons. The zero-order chi connectivity index (χ0) is 13.7. The van der Waals surface area contributed by atoms with Crippen LogP contribution in [0, 0.1) is 5.82 Å². The Bertz CT molecular complexity index is 534. The van der Waals surface area contributed by atoms with E-state index in [1.54, 1.807) is 6.20 Å². The van der Waals surface area contributed by atoms with E-state index in [2.05, 4.69) is 24.1 Å². The molecule has 1 N–H and O–H groups in total. The highest BCUT2D eigenvalue weighted by molar-refractivity contribution is 5.57. The second-order valence-corrected chi connectivity index (χ2v) is 4.54. The third kappa shape index (κ3) is 3.20. The van der Waals surface area contributed by atoms with Gasteiger partial charge in [-0.05, 0) is 30.7 Å². The Morgan fingerprint density at radius 1 is 1.32 bits per heavy atom. The second-order valence-electron chi connectivity index (χ2n) is 4.54. The minimum absolute atomic E-state index is 0.219.